The summed E-state index contributed by atoms with van der Waals surface area (Å²) in [6.07, 6.45) is 0.751. The average Bonchev–Trinajstić information content (AvgIpc) is 2.56. The lowest BCUT2D eigenvalue weighted by Gasteiger charge is -2.16. The highest BCUT2D eigenvalue weighted by molar-refractivity contribution is 5.93. The van der Waals surface area contributed by atoms with Crippen molar-refractivity contribution in [2.24, 2.45) is 0 Å². The monoisotopic (exact) mass is 223 g/mol. The van der Waals surface area contributed by atoms with E-state index in [1.165, 1.54) is 4.90 Å². The van der Waals surface area contributed by atoms with E-state index in [2.05, 4.69) is 20.5 Å². The Balaban J connectivity index is 2.11. The topological polar surface area (TPSA) is 91.0 Å². The summed E-state index contributed by atoms with van der Waals surface area (Å²) in [6, 6.07) is 0. The summed E-state index contributed by atoms with van der Waals surface area (Å²) >= 11 is 0. The van der Waals surface area contributed by atoms with Gasteiger partial charge in [-0.2, -0.15) is 0 Å². The number of hydrogen-bond acceptors (Lipinski definition) is 4. The van der Waals surface area contributed by atoms with Crippen LogP contribution in [0.4, 0.5) is 0 Å². The fourth-order valence-electron chi connectivity index (χ4n) is 1.56. The fraction of sp³-hybridized carbons (Fsp3) is 0.556. The third-order valence-electron chi connectivity index (χ3n) is 2.34. The standard InChI is InChI=1S/C9H13N5O2/c1-6-11-8(13-12-6)9(16)14-4-2-3-10-7(15)5-14/h2-5H2,1H3,(H,10,15)(H,11,12,13). The molecule has 7 heteroatoms. The van der Waals surface area contributed by atoms with Gasteiger partial charge in [0.05, 0.1) is 6.54 Å². The zero-order chi connectivity index (χ0) is 11.5. The van der Waals surface area contributed by atoms with Crippen LogP contribution in [0.5, 0.6) is 0 Å². The van der Waals surface area contributed by atoms with Crippen molar-refractivity contribution < 1.29 is 9.59 Å². The molecule has 1 aromatic rings. The first-order valence-corrected chi connectivity index (χ1v) is 5.12. The number of rotatable bonds is 1. The number of nitrogens with one attached hydrogen (secondary N) is 2. The number of aryl methyl sites for hydroxylation is 1. The highest BCUT2D eigenvalue weighted by Crippen LogP contribution is 2.02. The van der Waals surface area contributed by atoms with Gasteiger partial charge in [0.2, 0.25) is 11.7 Å². The second kappa shape index (κ2) is 4.30. The highest BCUT2D eigenvalue weighted by atomic mass is 16.2. The summed E-state index contributed by atoms with van der Waals surface area (Å²) in [5.74, 6) is 0.259. The average molecular weight is 223 g/mol. The Kier molecular flexibility index (Phi) is 2.84. The lowest BCUT2D eigenvalue weighted by atomic mass is 10.3. The van der Waals surface area contributed by atoms with E-state index < -0.39 is 0 Å². The minimum absolute atomic E-state index is 0.0758. The van der Waals surface area contributed by atoms with Crippen molar-refractivity contribution in [3.8, 4) is 0 Å². The van der Waals surface area contributed by atoms with Gasteiger partial charge in [-0.3, -0.25) is 14.7 Å². The van der Waals surface area contributed by atoms with Crippen LogP contribution in [0.25, 0.3) is 0 Å². The lowest BCUT2D eigenvalue weighted by Crippen LogP contribution is -2.37. The van der Waals surface area contributed by atoms with Crippen LogP contribution in [-0.4, -0.2) is 51.5 Å². The number of hydrogen-bond donors (Lipinski definition) is 2. The molecule has 0 saturated carbocycles. The molecule has 0 radical (unpaired) electrons. The third-order valence-corrected chi connectivity index (χ3v) is 2.34. The van der Waals surface area contributed by atoms with Gasteiger partial charge in [-0.15, -0.1) is 5.10 Å². The van der Waals surface area contributed by atoms with Crippen LogP contribution in [0.2, 0.25) is 0 Å². The van der Waals surface area contributed by atoms with E-state index in [0.29, 0.717) is 18.9 Å². The van der Waals surface area contributed by atoms with Crippen molar-refractivity contribution in [1.29, 1.82) is 0 Å². The van der Waals surface area contributed by atoms with Gasteiger partial charge < -0.3 is 10.2 Å². The minimum atomic E-state index is -0.304. The molecule has 0 bridgehead atoms. The van der Waals surface area contributed by atoms with Gasteiger partial charge >= 0.3 is 0 Å². The molecule has 1 aliphatic rings. The molecule has 1 fully saturated rings. The predicted octanol–water partition coefficient (Wildman–Crippen LogP) is -0.925. The number of H-pyrrole nitrogens is 1. The van der Waals surface area contributed by atoms with Crippen LogP contribution < -0.4 is 5.32 Å². The predicted molar refractivity (Wildman–Crippen MR) is 54.6 cm³/mol. The van der Waals surface area contributed by atoms with E-state index in [1.807, 2.05) is 0 Å². The number of aromatic amines is 1. The maximum atomic E-state index is 11.9. The number of carbonyl (C=O) groups is 2. The number of amides is 2. The molecule has 2 amide bonds. The molecule has 1 aromatic heterocycles. The van der Waals surface area contributed by atoms with Crippen LogP contribution in [-0.2, 0) is 4.79 Å². The van der Waals surface area contributed by atoms with Gasteiger partial charge in [-0.25, -0.2) is 4.98 Å². The maximum Gasteiger partial charge on any atom is 0.293 e. The van der Waals surface area contributed by atoms with Gasteiger partial charge in [0.25, 0.3) is 5.91 Å². The molecule has 2 rings (SSSR count). The van der Waals surface area contributed by atoms with Crippen molar-refractivity contribution in [3.05, 3.63) is 11.6 Å². The van der Waals surface area contributed by atoms with Crippen LogP contribution in [0.15, 0.2) is 0 Å². The van der Waals surface area contributed by atoms with E-state index in [0.717, 1.165) is 6.42 Å². The molecule has 2 heterocycles. The summed E-state index contributed by atoms with van der Waals surface area (Å²) in [7, 11) is 0. The van der Waals surface area contributed by atoms with E-state index >= 15 is 0 Å². The third kappa shape index (κ3) is 2.18. The van der Waals surface area contributed by atoms with Crippen LogP contribution in [0, 0.1) is 6.92 Å². The Bertz CT molecular complexity index is 414. The summed E-state index contributed by atoms with van der Waals surface area (Å²) < 4.78 is 0. The maximum absolute atomic E-state index is 11.9. The van der Waals surface area contributed by atoms with Crippen molar-refractivity contribution in [2.75, 3.05) is 19.6 Å². The molecule has 0 atom stereocenters. The zero-order valence-corrected chi connectivity index (χ0v) is 8.99. The largest absolute Gasteiger partial charge is 0.354 e. The molecule has 0 unspecified atom stereocenters. The first-order valence-electron chi connectivity index (χ1n) is 5.12. The molecular formula is C9H13N5O2. The Hall–Kier alpha value is -1.92. The quantitative estimate of drug-likeness (QED) is 0.644. The summed E-state index contributed by atoms with van der Waals surface area (Å²) in [6.45, 7) is 2.95. The number of aromatic nitrogens is 3. The number of carbonyl (C=O) groups excluding carboxylic acids is 2. The van der Waals surface area contributed by atoms with E-state index in [-0.39, 0.29) is 24.2 Å². The molecule has 1 aliphatic heterocycles. The van der Waals surface area contributed by atoms with Crippen LogP contribution in [0.3, 0.4) is 0 Å². The smallest absolute Gasteiger partial charge is 0.293 e. The summed E-state index contributed by atoms with van der Waals surface area (Å²) in [5.41, 5.74) is 0. The lowest BCUT2D eigenvalue weighted by molar-refractivity contribution is -0.121. The fourth-order valence-corrected chi connectivity index (χ4v) is 1.56. The summed E-state index contributed by atoms with van der Waals surface area (Å²) in [4.78, 5) is 28.6. The second-order valence-electron chi connectivity index (χ2n) is 3.67. The SMILES string of the molecule is Cc1nc(C(=O)N2CCCNC(=O)C2)n[nH]1. The molecule has 0 aliphatic carbocycles. The highest BCUT2D eigenvalue weighted by Gasteiger charge is 2.23. The Labute approximate surface area is 92.2 Å². The van der Waals surface area contributed by atoms with E-state index in [1.54, 1.807) is 6.92 Å². The first kappa shape index (κ1) is 10.6. The van der Waals surface area contributed by atoms with Crippen molar-refractivity contribution in [2.45, 2.75) is 13.3 Å². The van der Waals surface area contributed by atoms with Gasteiger partial charge in [-0.05, 0) is 13.3 Å². The first-order chi connectivity index (χ1) is 7.66. The molecule has 0 spiro atoms. The normalized spacial score (nSPS) is 16.8. The van der Waals surface area contributed by atoms with Gasteiger partial charge in [-0.1, -0.05) is 0 Å². The molecular weight excluding hydrogens is 210 g/mol. The number of nitrogens with zero attached hydrogens (tertiary/aromatic N) is 3. The molecule has 7 nitrogen and oxygen atoms in total. The Morgan fingerprint density at radius 1 is 1.50 bits per heavy atom. The van der Waals surface area contributed by atoms with Crippen LogP contribution in [0.1, 0.15) is 22.9 Å². The van der Waals surface area contributed by atoms with Crippen molar-refractivity contribution in [1.82, 2.24) is 25.4 Å². The molecule has 16 heavy (non-hydrogen) atoms. The molecule has 1 saturated heterocycles. The molecule has 86 valence electrons. The van der Waals surface area contributed by atoms with Crippen LogP contribution >= 0.6 is 0 Å². The molecule has 2 N–H and O–H groups in total. The van der Waals surface area contributed by atoms with Gasteiger partial charge in [0.15, 0.2) is 0 Å². The van der Waals surface area contributed by atoms with Crippen molar-refractivity contribution >= 4 is 11.8 Å². The van der Waals surface area contributed by atoms with Gasteiger partial charge in [0, 0.05) is 13.1 Å². The Morgan fingerprint density at radius 3 is 3.00 bits per heavy atom. The molecule has 0 aromatic carbocycles. The summed E-state index contributed by atoms with van der Waals surface area (Å²) in [5, 5.41) is 9.10. The zero-order valence-electron chi connectivity index (χ0n) is 8.99. The van der Waals surface area contributed by atoms with E-state index in [4.69, 9.17) is 0 Å². The van der Waals surface area contributed by atoms with Gasteiger partial charge in [0.1, 0.15) is 5.82 Å². The van der Waals surface area contributed by atoms with Crippen molar-refractivity contribution in [3.63, 3.8) is 0 Å². The second-order valence-corrected chi connectivity index (χ2v) is 3.67. The van der Waals surface area contributed by atoms with E-state index in [9.17, 15) is 9.59 Å². The Morgan fingerprint density at radius 2 is 2.31 bits per heavy atom. The minimum Gasteiger partial charge on any atom is -0.354 e.